The van der Waals surface area contributed by atoms with Gasteiger partial charge in [-0.2, -0.15) is 0 Å². The third-order valence-corrected chi connectivity index (χ3v) is 4.04. The lowest BCUT2D eigenvalue weighted by Crippen LogP contribution is -2.13. The van der Waals surface area contributed by atoms with Crippen molar-refractivity contribution in [3.63, 3.8) is 0 Å². The van der Waals surface area contributed by atoms with E-state index in [1.54, 1.807) is 24.3 Å². The van der Waals surface area contributed by atoms with Gasteiger partial charge in [0.2, 0.25) is 5.90 Å². The molecule has 1 aliphatic heterocycles. The Hall–Kier alpha value is -3.32. The molecule has 0 amide bonds. The smallest absolute Gasteiger partial charge is 0.363 e. The Morgan fingerprint density at radius 3 is 2.64 bits per heavy atom. The van der Waals surface area contributed by atoms with E-state index in [1.807, 2.05) is 18.2 Å². The molecule has 0 atom stereocenters. The summed E-state index contributed by atoms with van der Waals surface area (Å²) < 4.78 is 20.4. The molecule has 3 rings (SSSR count). The van der Waals surface area contributed by atoms with Gasteiger partial charge in [-0.3, -0.25) is 0 Å². The third kappa shape index (κ3) is 4.32. The van der Waals surface area contributed by atoms with E-state index < -0.39 is 11.9 Å². The molecule has 0 unspecified atom stereocenters. The quantitative estimate of drug-likeness (QED) is 0.545. The minimum absolute atomic E-state index is 0.125. The molecule has 0 radical (unpaired) electrons. The van der Waals surface area contributed by atoms with Gasteiger partial charge in [-0.15, -0.1) is 0 Å². The van der Waals surface area contributed by atoms with E-state index in [0.717, 1.165) is 0 Å². The van der Waals surface area contributed by atoms with Crippen LogP contribution >= 0.6 is 11.6 Å². The Balaban J connectivity index is 1.89. The summed E-state index contributed by atoms with van der Waals surface area (Å²) in [5, 5.41) is 0.203. The van der Waals surface area contributed by atoms with Crippen LogP contribution in [0.2, 0.25) is 5.02 Å². The molecule has 144 valence electrons. The minimum atomic E-state index is -0.569. The lowest BCUT2D eigenvalue weighted by molar-refractivity contribution is -0.143. The standard InChI is InChI=1S/C20H16ClNO6/c1-25-16-10-12(8-14(21)18(16)27-11-17(23)26-2)9-15-20(24)28-19(22-15)13-6-4-3-5-7-13/h3-10H,11H2,1-2H3. The Bertz CT molecular complexity index is 968. The summed E-state index contributed by atoms with van der Waals surface area (Å²) in [5.41, 5.74) is 1.37. The number of carbonyl (C=O) groups excluding carboxylic acids is 2. The first kappa shape index (κ1) is 19.4. The molecule has 2 aromatic carbocycles. The number of aliphatic imine (C=N–C) groups is 1. The van der Waals surface area contributed by atoms with Crippen molar-refractivity contribution in [1.82, 2.24) is 0 Å². The number of halogens is 1. The van der Waals surface area contributed by atoms with Crippen LogP contribution in [0.3, 0.4) is 0 Å². The molecule has 0 spiro atoms. The molecule has 1 heterocycles. The van der Waals surface area contributed by atoms with E-state index in [-0.39, 0.29) is 29.0 Å². The normalized spacial score (nSPS) is 14.5. The van der Waals surface area contributed by atoms with Crippen LogP contribution in [0, 0.1) is 0 Å². The van der Waals surface area contributed by atoms with E-state index in [1.165, 1.54) is 20.3 Å². The molecular formula is C20H16ClNO6. The summed E-state index contributed by atoms with van der Waals surface area (Å²) in [6, 6.07) is 12.3. The molecule has 0 aromatic heterocycles. The number of nitrogens with zero attached hydrogens (tertiary/aromatic N) is 1. The lowest BCUT2D eigenvalue weighted by atomic mass is 10.1. The van der Waals surface area contributed by atoms with Gasteiger partial charge in [-0.25, -0.2) is 14.6 Å². The third-order valence-electron chi connectivity index (χ3n) is 3.76. The van der Waals surface area contributed by atoms with Crippen LogP contribution < -0.4 is 9.47 Å². The molecule has 1 aliphatic rings. The average molecular weight is 402 g/mol. The van der Waals surface area contributed by atoms with E-state index >= 15 is 0 Å². The zero-order valence-corrected chi connectivity index (χ0v) is 15.9. The van der Waals surface area contributed by atoms with Gasteiger partial charge in [0.25, 0.3) is 0 Å². The maximum atomic E-state index is 12.1. The highest BCUT2D eigenvalue weighted by molar-refractivity contribution is 6.32. The highest BCUT2D eigenvalue weighted by atomic mass is 35.5. The molecule has 0 N–H and O–H groups in total. The molecule has 8 heteroatoms. The van der Waals surface area contributed by atoms with Gasteiger partial charge >= 0.3 is 11.9 Å². The molecule has 0 saturated heterocycles. The van der Waals surface area contributed by atoms with Crippen LogP contribution in [0.25, 0.3) is 6.08 Å². The van der Waals surface area contributed by atoms with Crippen LogP contribution in [0.15, 0.2) is 53.2 Å². The molecule has 0 fully saturated rings. The van der Waals surface area contributed by atoms with Crippen LogP contribution in [0.5, 0.6) is 11.5 Å². The molecular weight excluding hydrogens is 386 g/mol. The van der Waals surface area contributed by atoms with E-state index in [4.69, 9.17) is 25.8 Å². The van der Waals surface area contributed by atoms with Crippen molar-refractivity contribution in [3.8, 4) is 11.5 Å². The first-order valence-electron chi connectivity index (χ1n) is 8.17. The van der Waals surface area contributed by atoms with E-state index in [2.05, 4.69) is 9.73 Å². The molecule has 0 saturated carbocycles. The van der Waals surface area contributed by atoms with Crippen molar-refractivity contribution in [1.29, 1.82) is 0 Å². The molecule has 2 aromatic rings. The van der Waals surface area contributed by atoms with Gasteiger partial charge in [0.05, 0.1) is 19.2 Å². The maximum absolute atomic E-state index is 12.1. The predicted molar refractivity (Wildman–Crippen MR) is 103 cm³/mol. The van der Waals surface area contributed by atoms with Gasteiger partial charge in [-0.05, 0) is 35.9 Å². The van der Waals surface area contributed by atoms with Crippen molar-refractivity contribution in [2.45, 2.75) is 0 Å². The Morgan fingerprint density at radius 2 is 1.96 bits per heavy atom. The lowest BCUT2D eigenvalue weighted by Gasteiger charge is -2.12. The summed E-state index contributed by atoms with van der Waals surface area (Å²) in [6.07, 6.45) is 1.52. The fourth-order valence-corrected chi connectivity index (χ4v) is 2.70. The van der Waals surface area contributed by atoms with Crippen LogP contribution in [-0.2, 0) is 19.1 Å². The van der Waals surface area contributed by atoms with Gasteiger partial charge < -0.3 is 18.9 Å². The zero-order valence-electron chi connectivity index (χ0n) is 15.1. The fourth-order valence-electron chi connectivity index (χ4n) is 2.42. The molecule has 0 bridgehead atoms. The topological polar surface area (TPSA) is 83.4 Å². The van der Waals surface area contributed by atoms with Crippen LogP contribution in [0.1, 0.15) is 11.1 Å². The van der Waals surface area contributed by atoms with Crippen molar-refractivity contribution < 1.29 is 28.5 Å². The summed E-state index contributed by atoms with van der Waals surface area (Å²) in [4.78, 5) is 27.6. The molecule has 0 aliphatic carbocycles. The summed E-state index contributed by atoms with van der Waals surface area (Å²) in [6.45, 7) is -0.315. The minimum Gasteiger partial charge on any atom is -0.493 e. The van der Waals surface area contributed by atoms with Gasteiger partial charge in [0.15, 0.2) is 23.8 Å². The number of carbonyl (C=O) groups is 2. The first-order valence-corrected chi connectivity index (χ1v) is 8.54. The molecule has 28 heavy (non-hydrogen) atoms. The SMILES string of the molecule is COC(=O)COc1c(Cl)cc(C=C2N=C(c3ccccc3)OC2=O)cc1OC. The van der Waals surface area contributed by atoms with Crippen molar-refractivity contribution in [2.75, 3.05) is 20.8 Å². The van der Waals surface area contributed by atoms with Gasteiger partial charge in [0.1, 0.15) is 0 Å². The number of esters is 2. The Labute approximate surface area is 166 Å². The summed E-state index contributed by atoms with van der Waals surface area (Å²) >= 11 is 6.25. The first-order chi connectivity index (χ1) is 13.5. The van der Waals surface area contributed by atoms with Crippen molar-refractivity contribution in [2.24, 2.45) is 4.99 Å². The van der Waals surface area contributed by atoms with Crippen LogP contribution in [0.4, 0.5) is 0 Å². The second-order valence-electron chi connectivity index (χ2n) is 5.60. The Kier molecular flexibility index (Phi) is 5.96. The highest BCUT2D eigenvalue weighted by Gasteiger charge is 2.24. The maximum Gasteiger partial charge on any atom is 0.363 e. The second kappa shape index (κ2) is 8.58. The van der Waals surface area contributed by atoms with Gasteiger partial charge in [0, 0.05) is 5.56 Å². The summed E-state index contributed by atoms with van der Waals surface area (Å²) in [5.74, 6) is -0.408. The number of ether oxygens (including phenoxy) is 4. The van der Waals surface area contributed by atoms with Crippen molar-refractivity contribution >= 4 is 35.5 Å². The van der Waals surface area contributed by atoms with E-state index in [0.29, 0.717) is 16.9 Å². The zero-order chi connectivity index (χ0) is 20.1. The number of cyclic esters (lactones) is 1. The predicted octanol–water partition coefficient (Wildman–Crippen LogP) is 3.24. The monoisotopic (exact) mass is 401 g/mol. The number of hydrogen-bond acceptors (Lipinski definition) is 7. The fraction of sp³-hybridized carbons (Fsp3) is 0.150. The second-order valence-corrected chi connectivity index (χ2v) is 6.01. The molecule has 7 nitrogen and oxygen atoms in total. The van der Waals surface area contributed by atoms with Gasteiger partial charge in [-0.1, -0.05) is 29.8 Å². The highest BCUT2D eigenvalue weighted by Crippen LogP contribution is 2.37. The van der Waals surface area contributed by atoms with Crippen LogP contribution in [-0.4, -0.2) is 38.7 Å². The number of methoxy groups -OCH3 is 2. The Morgan fingerprint density at radius 1 is 1.21 bits per heavy atom. The van der Waals surface area contributed by atoms with E-state index in [9.17, 15) is 9.59 Å². The number of rotatable bonds is 6. The van der Waals surface area contributed by atoms with Crippen molar-refractivity contribution in [3.05, 3.63) is 64.3 Å². The average Bonchev–Trinajstić information content (AvgIpc) is 3.07. The number of hydrogen-bond donors (Lipinski definition) is 0. The summed E-state index contributed by atoms with van der Waals surface area (Å²) in [7, 11) is 2.69. The largest absolute Gasteiger partial charge is 0.493 e. The number of benzene rings is 2.